The Bertz CT molecular complexity index is 644. The Labute approximate surface area is 118 Å². The highest BCUT2D eigenvalue weighted by atomic mass is 79.9. The Kier molecular flexibility index (Phi) is 3.67. The number of rotatable bonds is 2. The van der Waals surface area contributed by atoms with Crippen LogP contribution in [-0.4, -0.2) is 18.5 Å². The van der Waals surface area contributed by atoms with Crippen molar-refractivity contribution in [2.45, 2.75) is 6.92 Å². The van der Waals surface area contributed by atoms with E-state index in [1.165, 1.54) is 0 Å². The van der Waals surface area contributed by atoms with Crippen molar-refractivity contribution in [2.24, 2.45) is 0 Å². The summed E-state index contributed by atoms with van der Waals surface area (Å²) in [5, 5.41) is 11.7. The third-order valence-electron chi connectivity index (χ3n) is 2.57. The third-order valence-corrected chi connectivity index (χ3v) is 3.06. The first-order valence-electron chi connectivity index (χ1n) is 5.51. The molecule has 1 aromatic rings. The molecule has 0 saturated heterocycles. The lowest BCUT2D eigenvalue weighted by Crippen LogP contribution is -2.13. The minimum atomic E-state index is -0.789. The van der Waals surface area contributed by atoms with Crippen LogP contribution in [0.4, 0.5) is 5.69 Å². The summed E-state index contributed by atoms with van der Waals surface area (Å²) >= 11 is 3.29. The van der Waals surface area contributed by atoms with E-state index in [0.717, 1.165) is 4.47 Å². The number of ether oxygens (including phenoxy) is 1. The smallest absolute Gasteiger partial charge is 0.349 e. The summed E-state index contributed by atoms with van der Waals surface area (Å²) in [5.74, 6) is -1.26. The maximum absolute atomic E-state index is 11.9. The van der Waals surface area contributed by atoms with Crippen LogP contribution in [0.5, 0.6) is 0 Å². The number of fused-ring (bicyclic) bond motifs is 1. The molecule has 19 heavy (non-hydrogen) atoms. The zero-order valence-electron chi connectivity index (χ0n) is 9.99. The van der Waals surface area contributed by atoms with Gasteiger partial charge < -0.3 is 10.1 Å². The van der Waals surface area contributed by atoms with Crippen LogP contribution in [0.15, 0.2) is 28.2 Å². The van der Waals surface area contributed by atoms with Crippen LogP contribution in [0.3, 0.4) is 0 Å². The molecule has 0 radical (unpaired) electrons. The Morgan fingerprint density at radius 1 is 1.53 bits per heavy atom. The molecule has 96 valence electrons. The number of benzene rings is 1. The molecular weight excluding hydrogens is 312 g/mol. The van der Waals surface area contributed by atoms with Crippen molar-refractivity contribution in [3.05, 3.63) is 33.8 Å². The molecule has 1 N–H and O–H groups in total. The van der Waals surface area contributed by atoms with E-state index in [0.29, 0.717) is 11.3 Å². The average molecular weight is 321 g/mol. The molecule has 0 saturated carbocycles. The molecule has 1 heterocycles. The summed E-state index contributed by atoms with van der Waals surface area (Å²) in [5.41, 5.74) is 0.859. The quantitative estimate of drug-likeness (QED) is 0.515. The molecule has 6 heteroatoms. The lowest BCUT2D eigenvalue weighted by Gasteiger charge is -2.03. The zero-order valence-corrected chi connectivity index (χ0v) is 11.6. The second-order valence-electron chi connectivity index (χ2n) is 3.73. The van der Waals surface area contributed by atoms with E-state index in [2.05, 4.69) is 21.2 Å². The Balaban J connectivity index is 2.62. The Hall–Kier alpha value is -2.13. The molecule has 0 atom stereocenters. The number of nitrogens with zero attached hydrogens (tertiary/aromatic N) is 1. The van der Waals surface area contributed by atoms with Crippen molar-refractivity contribution >= 4 is 39.1 Å². The van der Waals surface area contributed by atoms with Gasteiger partial charge in [-0.15, -0.1) is 0 Å². The number of nitriles is 1. The number of halogens is 1. The number of amides is 1. The fourth-order valence-corrected chi connectivity index (χ4v) is 2.16. The first kappa shape index (κ1) is 13.3. The molecule has 1 aromatic carbocycles. The van der Waals surface area contributed by atoms with E-state index in [-0.39, 0.29) is 17.8 Å². The minimum Gasteiger partial charge on any atom is -0.462 e. The average Bonchev–Trinajstić information content (AvgIpc) is 2.68. The van der Waals surface area contributed by atoms with Gasteiger partial charge in [-0.2, -0.15) is 5.26 Å². The van der Waals surface area contributed by atoms with Gasteiger partial charge in [-0.3, -0.25) is 4.79 Å². The normalized spacial score (nSPS) is 15.3. The molecule has 0 aliphatic carbocycles. The van der Waals surface area contributed by atoms with Crippen LogP contribution in [0.25, 0.3) is 5.57 Å². The standard InChI is InChI=1S/C13H9BrN2O3/c1-2-19-13(18)9(6-15)11-8-5-7(14)3-4-10(8)16-12(11)17/h3-5H,2H2,1H3,(H,16,17). The van der Waals surface area contributed by atoms with Gasteiger partial charge in [0.15, 0.2) is 5.57 Å². The Morgan fingerprint density at radius 3 is 2.89 bits per heavy atom. The molecule has 5 nitrogen and oxygen atoms in total. The van der Waals surface area contributed by atoms with Crippen LogP contribution in [0, 0.1) is 11.3 Å². The fourth-order valence-electron chi connectivity index (χ4n) is 1.79. The second-order valence-corrected chi connectivity index (χ2v) is 4.64. The lowest BCUT2D eigenvalue weighted by atomic mass is 10.0. The molecule has 0 aromatic heterocycles. The monoisotopic (exact) mass is 320 g/mol. The molecule has 1 aliphatic rings. The molecule has 0 spiro atoms. The van der Waals surface area contributed by atoms with E-state index in [9.17, 15) is 9.59 Å². The van der Waals surface area contributed by atoms with Crippen molar-refractivity contribution < 1.29 is 14.3 Å². The van der Waals surface area contributed by atoms with Crippen LogP contribution >= 0.6 is 15.9 Å². The number of carbonyl (C=O) groups is 2. The maximum Gasteiger partial charge on any atom is 0.349 e. The Morgan fingerprint density at radius 2 is 2.26 bits per heavy atom. The largest absolute Gasteiger partial charge is 0.462 e. The van der Waals surface area contributed by atoms with E-state index in [4.69, 9.17) is 10.00 Å². The van der Waals surface area contributed by atoms with Gasteiger partial charge >= 0.3 is 5.97 Å². The van der Waals surface area contributed by atoms with Gasteiger partial charge in [0.2, 0.25) is 0 Å². The van der Waals surface area contributed by atoms with Crippen molar-refractivity contribution in [2.75, 3.05) is 11.9 Å². The minimum absolute atomic E-state index is 0.0530. The van der Waals surface area contributed by atoms with E-state index in [1.54, 1.807) is 31.2 Å². The SMILES string of the molecule is CCOC(=O)C(C#N)=C1C(=O)Nc2ccc(Br)cc21. The predicted molar refractivity (Wildman–Crippen MR) is 71.9 cm³/mol. The zero-order chi connectivity index (χ0) is 14.0. The summed E-state index contributed by atoms with van der Waals surface area (Å²) in [7, 11) is 0. The number of esters is 1. The summed E-state index contributed by atoms with van der Waals surface area (Å²) in [6.45, 7) is 1.78. The third kappa shape index (κ3) is 2.37. The van der Waals surface area contributed by atoms with Crippen LogP contribution in [0.1, 0.15) is 12.5 Å². The number of anilines is 1. The number of carbonyl (C=O) groups excluding carboxylic acids is 2. The highest BCUT2D eigenvalue weighted by Crippen LogP contribution is 2.35. The molecule has 0 unspecified atom stereocenters. The highest BCUT2D eigenvalue weighted by molar-refractivity contribution is 9.10. The van der Waals surface area contributed by atoms with Crippen LogP contribution in [0.2, 0.25) is 0 Å². The van der Waals surface area contributed by atoms with Gasteiger partial charge in [0.05, 0.1) is 12.2 Å². The molecular formula is C13H9BrN2O3. The van der Waals surface area contributed by atoms with Crippen molar-refractivity contribution in [1.82, 2.24) is 0 Å². The molecule has 2 rings (SSSR count). The van der Waals surface area contributed by atoms with Crippen LogP contribution in [-0.2, 0) is 14.3 Å². The van der Waals surface area contributed by atoms with Gasteiger partial charge in [0, 0.05) is 15.7 Å². The topological polar surface area (TPSA) is 79.2 Å². The maximum atomic E-state index is 11.9. The van der Waals surface area contributed by atoms with Crippen molar-refractivity contribution in [3.8, 4) is 6.07 Å². The van der Waals surface area contributed by atoms with Gasteiger partial charge in [-0.1, -0.05) is 15.9 Å². The van der Waals surface area contributed by atoms with Crippen molar-refractivity contribution in [3.63, 3.8) is 0 Å². The first-order valence-corrected chi connectivity index (χ1v) is 6.30. The lowest BCUT2D eigenvalue weighted by molar-refractivity contribution is -0.138. The molecule has 0 fully saturated rings. The van der Waals surface area contributed by atoms with E-state index in [1.807, 2.05) is 0 Å². The van der Waals surface area contributed by atoms with Gasteiger partial charge in [0.25, 0.3) is 5.91 Å². The molecule has 1 amide bonds. The molecule has 0 bridgehead atoms. The highest BCUT2D eigenvalue weighted by Gasteiger charge is 2.31. The summed E-state index contributed by atoms with van der Waals surface area (Å²) < 4.78 is 5.54. The van der Waals surface area contributed by atoms with Gasteiger partial charge in [-0.25, -0.2) is 4.79 Å². The van der Waals surface area contributed by atoms with E-state index < -0.39 is 11.9 Å². The first-order chi connectivity index (χ1) is 9.08. The summed E-state index contributed by atoms with van der Waals surface area (Å²) in [6.07, 6.45) is 0. The summed E-state index contributed by atoms with van der Waals surface area (Å²) in [4.78, 5) is 23.6. The number of nitrogens with one attached hydrogen (secondary N) is 1. The fraction of sp³-hybridized carbons (Fsp3) is 0.154. The molecule has 1 aliphatic heterocycles. The predicted octanol–water partition coefficient (Wildman–Crippen LogP) is 2.24. The second kappa shape index (κ2) is 5.24. The summed E-state index contributed by atoms with van der Waals surface area (Å²) in [6, 6.07) is 6.89. The van der Waals surface area contributed by atoms with Gasteiger partial charge in [0.1, 0.15) is 6.07 Å². The van der Waals surface area contributed by atoms with Gasteiger partial charge in [-0.05, 0) is 25.1 Å². The number of hydrogen-bond acceptors (Lipinski definition) is 4. The number of hydrogen-bond donors (Lipinski definition) is 1. The van der Waals surface area contributed by atoms with Crippen molar-refractivity contribution in [1.29, 1.82) is 5.26 Å². The van der Waals surface area contributed by atoms with E-state index >= 15 is 0 Å². The van der Waals surface area contributed by atoms with Crippen LogP contribution < -0.4 is 5.32 Å².